The van der Waals surface area contributed by atoms with Crippen molar-refractivity contribution in [1.29, 1.82) is 0 Å². The van der Waals surface area contributed by atoms with Crippen LogP contribution in [0.25, 0.3) is 23.1 Å². The molecule has 3 aromatic carbocycles. The van der Waals surface area contributed by atoms with Crippen LogP contribution in [0.3, 0.4) is 0 Å². The van der Waals surface area contributed by atoms with E-state index in [1.807, 2.05) is 55.5 Å². The maximum atomic E-state index is 11.7. The van der Waals surface area contributed by atoms with Crippen molar-refractivity contribution < 1.29 is 9.53 Å². The number of benzene rings is 3. The standard InChI is InChI=1S/C29H27ClN2O2/c1-2-34-29(33)17-13-22-7-3-4-8-24(22)20-31-27-9-5-6-21(18-27)10-15-26-16-12-23-11-14-25(30)19-28(23)32-26/h3-12,14-16,18-19,31H,2,13,17,20H2,1H3. The largest absolute Gasteiger partial charge is 0.466 e. The van der Waals surface area contributed by atoms with Crippen molar-refractivity contribution in [3.63, 3.8) is 0 Å². The Morgan fingerprint density at radius 3 is 2.65 bits per heavy atom. The van der Waals surface area contributed by atoms with Crippen LogP contribution in [0.15, 0.2) is 78.9 Å². The number of nitrogens with zero attached hydrogens (tertiary/aromatic N) is 1. The second-order valence-corrected chi connectivity index (χ2v) is 8.40. The van der Waals surface area contributed by atoms with Gasteiger partial charge in [-0.2, -0.15) is 0 Å². The van der Waals surface area contributed by atoms with Gasteiger partial charge in [0.2, 0.25) is 0 Å². The molecule has 0 saturated heterocycles. The molecule has 4 nitrogen and oxygen atoms in total. The molecule has 0 radical (unpaired) electrons. The van der Waals surface area contributed by atoms with Crippen LogP contribution in [0.4, 0.5) is 5.69 Å². The van der Waals surface area contributed by atoms with Gasteiger partial charge in [-0.15, -0.1) is 0 Å². The first kappa shape index (κ1) is 23.5. The van der Waals surface area contributed by atoms with Crippen molar-refractivity contribution >= 4 is 46.3 Å². The maximum absolute atomic E-state index is 11.7. The summed E-state index contributed by atoms with van der Waals surface area (Å²) in [6.45, 7) is 2.92. The van der Waals surface area contributed by atoms with Crippen LogP contribution in [-0.2, 0) is 22.5 Å². The predicted molar refractivity (Wildman–Crippen MR) is 141 cm³/mol. The topological polar surface area (TPSA) is 51.2 Å². The van der Waals surface area contributed by atoms with Crippen molar-refractivity contribution in [1.82, 2.24) is 4.98 Å². The average Bonchev–Trinajstić information content (AvgIpc) is 2.85. The van der Waals surface area contributed by atoms with E-state index in [0.717, 1.165) is 33.4 Å². The van der Waals surface area contributed by atoms with E-state index < -0.39 is 0 Å². The molecule has 4 rings (SSSR count). The van der Waals surface area contributed by atoms with E-state index in [1.54, 1.807) is 0 Å². The number of aryl methyl sites for hydroxylation is 1. The summed E-state index contributed by atoms with van der Waals surface area (Å²) in [5.74, 6) is -0.159. The third kappa shape index (κ3) is 6.46. The second kappa shape index (κ2) is 11.5. The number of ether oxygens (including phenoxy) is 1. The molecule has 1 heterocycles. The molecule has 0 saturated carbocycles. The lowest BCUT2D eigenvalue weighted by Gasteiger charge is -2.12. The van der Waals surface area contributed by atoms with Gasteiger partial charge in [0.1, 0.15) is 0 Å². The van der Waals surface area contributed by atoms with Gasteiger partial charge < -0.3 is 10.1 Å². The van der Waals surface area contributed by atoms with E-state index in [9.17, 15) is 4.79 Å². The zero-order chi connectivity index (χ0) is 23.8. The fourth-order valence-electron chi connectivity index (χ4n) is 3.77. The van der Waals surface area contributed by atoms with Crippen LogP contribution in [0.2, 0.25) is 5.02 Å². The lowest BCUT2D eigenvalue weighted by Crippen LogP contribution is -2.08. The molecule has 4 aromatic rings. The number of hydrogen-bond donors (Lipinski definition) is 1. The van der Waals surface area contributed by atoms with Gasteiger partial charge in [-0.25, -0.2) is 4.98 Å². The fraction of sp³-hybridized carbons (Fsp3) is 0.172. The first-order chi connectivity index (χ1) is 16.6. The Balaban J connectivity index is 1.41. The number of esters is 1. The Hall–Kier alpha value is -3.63. The summed E-state index contributed by atoms with van der Waals surface area (Å²) in [6, 6.07) is 26.2. The van der Waals surface area contributed by atoms with Crippen LogP contribution in [0, 0.1) is 0 Å². The van der Waals surface area contributed by atoms with Crippen LogP contribution in [0.5, 0.6) is 0 Å². The molecule has 1 N–H and O–H groups in total. The van der Waals surface area contributed by atoms with Crippen LogP contribution < -0.4 is 5.32 Å². The second-order valence-electron chi connectivity index (χ2n) is 7.96. The molecule has 0 aliphatic rings. The van der Waals surface area contributed by atoms with Gasteiger partial charge in [-0.1, -0.05) is 66.2 Å². The number of fused-ring (bicyclic) bond motifs is 1. The molecule has 0 bridgehead atoms. The SMILES string of the molecule is CCOC(=O)CCc1ccccc1CNc1cccc(C=Cc2ccc3ccc(Cl)cc3n2)c1. The Morgan fingerprint density at radius 2 is 1.79 bits per heavy atom. The third-order valence-corrected chi connectivity index (χ3v) is 5.75. The number of carbonyl (C=O) groups excluding carboxylic acids is 1. The van der Waals surface area contributed by atoms with Gasteiger partial charge in [0, 0.05) is 29.1 Å². The molecule has 34 heavy (non-hydrogen) atoms. The number of nitrogens with one attached hydrogen (secondary N) is 1. The smallest absolute Gasteiger partial charge is 0.306 e. The maximum Gasteiger partial charge on any atom is 0.306 e. The molecule has 0 fully saturated rings. The highest BCUT2D eigenvalue weighted by atomic mass is 35.5. The molecule has 0 amide bonds. The summed E-state index contributed by atoms with van der Waals surface area (Å²) < 4.78 is 5.06. The van der Waals surface area contributed by atoms with Crippen LogP contribution >= 0.6 is 11.6 Å². The highest BCUT2D eigenvalue weighted by molar-refractivity contribution is 6.31. The van der Waals surface area contributed by atoms with Crippen molar-refractivity contribution in [2.75, 3.05) is 11.9 Å². The first-order valence-corrected chi connectivity index (χ1v) is 11.8. The first-order valence-electron chi connectivity index (χ1n) is 11.4. The number of aromatic nitrogens is 1. The molecule has 0 unspecified atom stereocenters. The molecule has 0 aliphatic heterocycles. The minimum atomic E-state index is -0.159. The minimum absolute atomic E-state index is 0.159. The molecular weight excluding hydrogens is 444 g/mol. The highest BCUT2D eigenvalue weighted by Crippen LogP contribution is 2.20. The molecule has 0 spiro atoms. The average molecular weight is 471 g/mol. The summed E-state index contributed by atoms with van der Waals surface area (Å²) in [5, 5.41) is 5.25. The van der Waals surface area contributed by atoms with E-state index in [4.69, 9.17) is 16.3 Å². The lowest BCUT2D eigenvalue weighted by molar-refractivity contribution is -0.143. The van der Waals surface area contributed by atoms with Gasteiger partial charge in [0.25, 0.3) is 0 Å². The van der Waals surface area contributed by atoms with Gasteiger partial charge in [0.15, 0.2) is 0 Å². The van der Waals surface area contributed by atoms with E-state index in [2.05, 4.69) is 52.8 Å². The fourth-order valence-corrected chi connectivity index (χ4v) is 3.94. The summed E-state index contributed by atoms with van der Waals surface area (Å²) in [4.78, 5) is 16.4. The Morgan fingerprint density at radius 1 is 0.971 bits per heavy atom. The number of carbonyl (C=O) groups is 1. The van der Waals surface area contributed by atoms with E-state index in [-0.39, 0.29) is 5.97 Å². The third-order valence-electron chi connectivity index (χ3n) is 5.51. The number of pyridine rings is 1. The van der Waals surface area contributed by atoms with E-state index in [0.29, 0.717) is 31.0 Å². The number of rotatable bonds is 9. The molecule has 0 aliphatic carbocycles. The zero-order valence-electron chi connectivity index (χ0n) is 19.1. The van der Waals surface area contributed by atoms with Crippen molar-refractivity contribution in [3.05, 3.63) is 106 Å². The van der Waals surface area contributed by atoms with Gasteiger partial charge in [0.05, 0.1) is 17.8 Å². The van der Waals surface area contributed by atoms with Crippen molar-refractivity contribution in [2.24, 2.45) is 0 Å². The van der Waals surface area contributed by atoms with Crippen LogP contribution in [0.1, 0.15) is 35.7 Å². The minimum Gasteiger partial charge on any atom is -0.466 e. The number of halogens is 1. The normalized spacial score (nSPS) is 11.1. The molecule has 5 heteroatoms. The van der Waals surface area contributed by atoms with Gasteiger partial charge >= 0.3 is 5.97 Å². The highest BCUT2D eigenvalue weighted by Gasteiger charge is 2.07. The number of anilines is 1. The van der Waals surface area contributed by atoms with Crippen molar-refractivity contribution in [3.8, 4) is 0 Å². The quantitative estimate of drug-likeness (QED) is 0.263. The lowest BCUT2D eigenvalue weighted by atomic mass is 10.0. The van der Waals surface area contributed by atoms with Gasteiger partial charge in [-0.05, 0) is 66.4 Å². The molecule has 1 aromatic heterocycles. The molecule has 0 atom stereocenters. The predicted octanol–water partition coefficient (Wildman–Crippen LogP) is 7.17. The summed E-state index contributed by atoms with van der Waals surface area (Å²) in [7, 11) is 0. The Labute approximate surface area is 205 Å². The van der Waals surface area contributed by atoms with Crippen LogP contribution in [-0.4, -0.2) is 17.6 Å². The van der Waals surface area contributed by atoms with Crippen molar-refractivity contribution in [2.45, 2.75) is 26.3 Å². The summed E-state index contributed by atoms with van der Waals surface area (Å²) in [6.07, 6.45) is 5.12. The zero-order valence-corrected chi connectivity index (χ0v) is 19.9. The van der Waals surface area contributed by atoms with Gasteiger partial charge in [-0.3, -0.25) is 4.79 Å². The molecular formula is C29H27ClN2O2. The monoisotopic (exact) mass is 470 g/mol. The molecule has 172 valence electrons. The van der Waals surface area contributed by atoms with E-state index >= 15 is 0 Å². The Bertz CT molecular complexity index is 1320. The number of hydrogen-bond acceptors (Lipinski definition) is 4. The summed E-state index contributed by atoms with van der Waals surface area (Å²) in [5.41, 5.74) is 6.19. The Kier molecular flexibility index (Phi) is 7.95. The van der Waals surface area contributed by atoms with E-state index in [1.165, 1.54) is 5.56 Å². The summed E-state index contributed by atoms with van der Waals surface area (Å²) >= 11 is 6.10.